The van der Waals surface area contributed by atoms with Gasteiger partial charge in [-0.3, -0.25) is 9.59 Å². The standard InChI is InChI=1S/C19H17BrN2O3S/c1-11-7-15-16(8-12(11)2)26-19(22(15)10-17(23)25-3)21-18(24)13-5-4-6-14(20)9-13/h4-9H,10H2,1-3H3. The van der Waals surface area contributed by atoms with Crippen molar-refractivity contribution >= 4 is 49.4 Å². The summed E-state index contributed by atoms with van der Waals surface area (Å²) in [5, 5.41) is 0. The van der Waals surface area contributed by atoms with Gasteiger partial charge >= 0.3 is 5.97 Å². The largest absolute Gasteiger partial charge is 0.468 e. The van der Waals surface area contributed by atoms with Gasteiger partial charge in [-0.05, 0) is 55.3 Å². The number of aryl methyl sites for hydroxylation is 2. The van der Waals surface area contributed by atoms with E-state index in [-0.39, 0.29) is 18.4 Å². The van der Waals surface area contributed by atoms with E-state index in [4.69, 9.17) is 4.74 Å². The number of thiazole rings is 1. The summed E-state index contributed by atoms with van der Waals surface area (Å²) < 4.78 is 8.31. The Balaban J connectivity index is 2.18. The molecule has 0 bridgehead atoms. The quantitative estimate of drug-likeness (QED) is 0.587. The van der Waals surface area contributed by atoms with Gasteiger partial charge in [-0.2, -0.15) is 4.99 Å². The van der Waals surface area contributed by atoms with Crippen LogP contribution in [-0.2, 0) is 16.1 Å². The number of ether oxygens (including phenoxy) is 1. The topological polar surface area (TPSA) is 60.7 Å². The molecule has 5 nitrogen and oxygen atoms in total. The molecule has 0 aliphatic carbocycles. The van der Waals surface area contributed by atoms with Crippen molar-refractivity contribution in [3.05, 3.63) is 62.4 Å². The van der Waals surface area contributed by atoms with E-state index in [1.165, 1.54) is 18.4 Å². The van der Waals surface area contributed by atoms with E-state index in [9.17, 15) is 9.59 Å². The highest BCUT2D eigenvalue weighted by Gasteiger charge is 2.13. The van der Waals surface area contributed by atoms with Crippen LogP contribution in [0.25, 0.3) is 10.2 Å². The molecule has 0 fully saturated rings. The Morgan fingerprint density at radius 3 is 2.62 bits per heavy atom. The fourth-order valence-corrected chi connectivity index (χ4v) is 4.03. The van der Waals surface area contributed by atoms with Crippen molar-refractivity contribution in [2.75, 3.05) is 7.11 Å². The van der Waals surface area contributed by atoms with Gasteiger partial charge < -0.3 is 9.30 Å². The molecule has 0 spiro atoms. The fourth-order valence-electron chi connectivity index (χ4n) is 2.53. The Morgan fingerprint density at radius 2 is 1.92 bits per heavy atom. The molecule has 0 unspecified atom stereocenters. The maximum absolute atomic E-state index is 12.6. The smallest absolute Gasteiger partial charge is 0.325 e. The molecule has 0 saturated heterocycles. The number of fused-ring (bicyclic) bond motifs is 1. The minimum Gasteiger partial charge on any atom is -0.468 e. The van der Waals surface area contributed by atoms with Gasteiger partial charge in [-0.15, -0.1) is 0 Å². The molecule has 26 heavy (non-hydrogen) atoms. The second-order valence-electron chi connectivity index (χ2n) is 5.88. The summed E-state index contributed by atoms with van der Waals surface area (Å²) in [4.78, 5) is 29.2. The molecule has 1 amide bonds. The zero-order valence-corrected chi connectivity index (χ0v) is 17.0. The molecular formula is C19H17BrN2O3S. The van der Waals surface area contributed by atoms with E-state index in [2.05, 4.69) is 20.9 Å². The molecular weight excluding hydrogens is 416 g/mol. The highest BCUT2D eigenvalue weighted by molar-refractivity contribution is 9.10. The summed E-state index contributed by atoms with van der Waals surface area (Å²) in [6.45, 7) is 4.05. The van der Waals surface area contributed by atoms with Crippen LogP contribution in [0.1, 0.15) is 21.5 Å². The van der Waals surface area contributed by atoms with E-state index in [0.717, 1.165) is 25.8 Å². The molecule has 0 aliphatic heterocycles. The number of hydrogen-bond acceptors (Lipinski definition) is 4. The lowest BCUT2D eigenvalue weighted by atomic mass is 10.1. The number of hydrogen-bond donors (Lipinski definition) is 0. The number of rotatable bonds is 3. The van der Waals surface area contributed by atoms with Crippen LogP contribution in [0.4, 0.5) is 0 Å². The SMILES string of the molecule is COC(=O)Cn1c(=NC(=O)c2cccc(Br)c2)sc2cc(C)c(C)cc21. The van der Waals surface area contributed by atoms with Crippen LogP contribution < -0.4 is 4.80 Å². The van der Waals surface area contributed by atoms with Crippen molar-refractivity contribution in [1.29, 1.82) is 0 Å². The van der Waals surface area contributed by atoms with Gasteiger partial charge in [-0.25, -0.2) is 0 Å². The Labute approximate surface area is 163 Å². The van der Waals surface area contributed by atoms with Crippen molar-refractivity contribution in [1.82, 2.24) is 4.57 Å². The average Bonchev–Trinajstić information content (AvgIpc) is 2.91. The van der Waals surface area contributed by atoms with Crippen LogP contribution in [0.2, 0.25) is 0 Å². The Hall–Kier alpha value is -2.25. The summed E-state index contributed by atoms with van der Waals surface area (Å²) in [5.41, 5.74) is 3.60. The van der Waals surface area contributed by atoms with E-state index in [1.54, 1.807) is 22.8 Å². The molecule has 2 aromatic carbocycles. The number of halogens is 1. The number of carbonyl (C=O) groups excluding carboxylic acids is 2. The van der Waals surface area contributed by atoms with Crippen molar-refractivity contribution in [3.63, 3.8) is 0 Å². The van der Waals surface area contributed by atoms with Crippen molar-refractivity contribution < 1.29 is 14.3 Å². The summed E-state index contributed by atoms with van der Waals surface area (Å²) in [6, 6.07) is 11.1. The van der Waals surface area contributed by atoms with Gasteiger partial charge in [0.15, 0.2) is 4.80 Å². The van der Waals surface area contributed by atoms with E-state index >= 15 is 0 Å². The second-order valence-corrected chi connectivity index (χ2v) is 7.80. The van der Waals surface area contributed by atoms with Gasteiger partial charge in [0.2, 0.25) is 0 Å². The predicted molar refractivity (Wildman–Crippen MR) is 105 cm³/mol. The van der Waals surface area contributed by atoms with Crippen LogP contribution in [0.15, 0.2) is 45.9 Å². The van der Waals surface area contributed by atoms with Crippen LogP contribution in [0.5, 0.6) is 0 Å². The zero-order valence-electron chi connectivity index (χ0n) is 14.6. The average molecular weight is 433 g/mol. The highest BCUT2D eigenvalue weighted by Crippen LogP contribution is 2.22. The molecule has 3 aromatic rings. The molecule has 0 saturated carbocycles. The van der Waals surface area contributed by atoms with Crippen LogP contribution >= 0.6 is 27.3 Å². The normalized spacial score (nSPS) is 11.8. The van der Waals surface area contributed by atoms with Gasteiger partial charge in [0.05, 0.1) is 17.3 Å². The van der Waals surface area contributed by atoms with Gasteiger partial charge in [0.25, 0.3) is 5.91 Å². The fraction of sp³-hybridized carbons (Fsp3) is 0.211. The first kappa shape index (κ1) is 18.5. The third kappa shape index (κ3) is 3.78. The molecule has 0 radical (unpaired) electrons. The van der Waals surface area contributed by atoms with E-state index in [1.807, 2.05) is 32.0 Å². The zero-order chi connectivity index (χ0) is 18.8. The van der Waals surface area contributed by atoms with Crippen molar-refractivity contribution in [2.45, 2.75) is 20.4 Å². The third-order valence-corrected chi connectivity index (χ3v) is 5.62. The predicted octanol–water partition coefficient (Wildman–Crippen LogP) is 4.00. The van der Waals surface area contributed by atoms with E-state index in [0.29, 0.717) is 10.4 Å². The Bertz CT molecular complexity index is 1080. The molecule has 134 valence electrons. The first-order valence-electron chi connectivity index (χ1n) is 7.91. The lowest BCUT2D eigenvalue weighted by molar-refractivity contribution is -0.141. The minimum atomic E-state index is -0.390. The molecule has 0 atom stereocenters. The number of aromatic nitrogens is 1. The number of esters is 1. The van der Waals surface area contributed by atoms with Gasteiger partial charge in [0, 0.05) is 10.0 Å². The Morgan fingerprint density at radius 1 is 1.19 bits per heavy atom. The number of amides is 1. The summed E-state index contributed by atoms with van der Waals surface area (Å²) in [7, 11) is 1.34. The number of benzene rings is 2. The molecule has 0 N–H and O–H groups in total. The van der Waals surface area contributed by atoms with Crippen LogP contribution in [0.3, 0.4) is 0 Å². The van der Waals surface area contributed by atoms with Crippen molar-refractivity contribution in [2.24, 2.45) is 4.99 Å². The second kappa shape index (κ2) is 7.55. The summed E-state index contributed by atoms with van der Waals surface area (Å²) >= 11 is 4.74. The van der Waals surface area contributed by atoms with Crippen LogP contribution in [-0.4, -0.2) is 23.6 Å². The molecule has 1 aromatic heterocycles. The van der Waals surface area contributed by atoms with Crippen molar-refractivity contribution in [3.8, 4) is 0 Å². The molecule has 1 heterocycles. The third-order valence-electron chi connectivity index (χ3n) is 4.08. The van der Waals surface area contributed by atoms with Crippen LogP contribution in [0, 0.1) is 13.8 Å². The number of carbonyl (C=O) groups is 2. The summed E-state index contributed by atoms with van der Waals surface area (Å²) in [5.74, 6) is -0.746. The van der Waals surface area contributed by atoms with Gasteiger partial charge in [-0.1, -0.05) is 33.3 Å². The maximum atomic E-state index is 12.6. The molecule has 7 heteroatoms. The highest BCUT2D eigenvalue weighted by atomic mass is 79.9. The summed E-state index contributed by atoms with van der Waals surface area (Å²) in [6.07, 6.45) is 0. The first-order chi connectivity index (χ1) is 12.4. The number of methoxy groups -OCH3 is 1. The van der Waals surface area contributed by atoms with E-state index < -0.39 is 0 Å². The Kier molecular flexibility index (Phi) is 5.38. The lowest BCUT2D eigenvalue weighted by Crippen LogP contribution is -2.22. The first-order valence-corrected chi connectivity index (χ1v) is 9.52. The maximum Gasteiger partial charge on any atom is 0.325 e. The number of nitrogens with zero attached hydrogens (tertiary/aromatic N) is 2. The van der Waals surface area contributed by atoms with Gasteiger partial charge in [0.1, 0.15) is 6.54 Å². The lowest BCUT2D eigenvalue weighted by Gasteiger charge is -2.05. The minimum absolute atomic E-state index is 0.00357. The molecule has 3 rings (SSSR count). The monoisotopic (exact) mass is 432 g/mol. The molecule has 0 aliphatic rings.